The van der Waals surface area contributed by atoms with Crippen LogP contribution in [-0.4, -0.2) is 0 Å². The van der Waals surface area contributed by atoms with E-state index >= 15 is 0 Å². The number of aryl methyl sites for hydroxylation is 1. The summed E-state index contributed by atoms with van der Waals surface area (Å²) in [6.07, 6.45) is 0. The topological polar surface area (TPSA) is 0 Å². The highest BCUT2D eigenvalue weighted by Gasteiger charge is 2.42. The zero-order chi connectivity index (χ0) is 8.93. The van der Waals surface area contributed by atoms with Crippen LogP contribution >= 0.6 is 34.8 Å². The molecule has 0 spiro atoms. The Morgan fingerprint density at radius 1 is 1.33 bits per heavy atom. The quantitative estimate of drug-likeness (QED) is 0.583. The molecule has 1 aromatic rings. The third-order valence-corrected chi connectivity index (χ3v) is 3.91. The lowest BCUT2D eigenvalue weighted by Gasteiger charge is -2.17. The summed E-state index contributed by atoms with van der Waals surface area (Å²) in [4.78, 5) is 0. The van der Waals surface area contributed by atoms with Gasteiger partial charge in [0.15, 0.2) is 4.33 Å². The van der Waals surface area contributed by atoms with Crippen molar-refractivity contribution in [2.45, 2.75) is 16.6 Å². The standard InChI is InChI=1S/C9H7Cl3/c1-5-2-3-6-4-7(5)8(10)9(6,11)12/h2-4,8H,1H3. The lowest BCUT2D eigenvalue weighted by molar-refractivity contribution is 0.852. The molecule has 1 unspecified atom stereocenters. The third-order valence-electron chi connectivity index (χ3n) is 2.26. The third kappa shape index (κ3) is 0.985. The van der Waals surface area contributed by atoms with Crippen LogP contribution in [0.1, 0.15) is 22.1 Å². The average Bonchev–Trinajstić information content (AvgIpc) is 2.20. The minimum absolute atomic E-state index is 0.314. The van der Waals surface area contributed by atoms with E-state index in [1.165, 1.54) is 0 Å². The number of hydrogen-bond acceptors (Lipinski definition) is 0. The molecule has 0 radical (unpaired) electrons. The van der Waals surface area contributed by atoms with E-state index in [-0.39, 0.29) is 5.38 Å². The first-order valence-corrected chi connectivity index (χ1v) is 4.85. The smallest absolute Gasteiger partial charge is 0.114 e. The van der Waals surface area contributed by atoms with Gasteiger partial charge in [-0.2, -0.15) is 0 Å². The molecule has 0 saturated heterocycles. The molecular weight excluding hydrogens is 214 g/mol. The second kappa shape index (κ2) is 2.54. The van der Waals surface area contributed by atoms with Crippen LogP contribution in [0.5, 0.6) is 0 Å². The van der Waals surface area contributed by atoms with Crippen LogP contribution in [0.15, 0.2) is 18.2 Å². The van der Waals surface area contributed by atoms with Crippen molar-refractivity contribution in [1.82, 2.24) is 0 Å². The molecule has 64 valence electrons. The number of benzene rings is 1. The Hall–Kier alpha value is 0.0900. The van der Waals surface area contributed by atoms with Crippen molar-refractivity contribution in [3.05, 3.63) is 34.9 Å². The summed E-state index contributed by atoms with van der Waals surface area (Å²) in [5.41, 5.74) is 3.08. The van der Waals surface area contributed by atoms with Crippen molar-refractivity contribution in [3.8, 4) is 0 Å². The van der Waals surface area contributed by atoms with Crippen LogP contribution in [0.4, 0.5) is 0 Å². The second-order valence-corrected chi connectivity index (χ2v) is 4.88. The maximum Gasteiger partial charge on any atom is 0.163 e. The van der Waals surface area contributed by atoms with Gasteiger partial charge in [-0.05, 0) is 23.6 Å². The van der Waals surface area contributed by atoms with Gasteiger partial charge >= 0.3 is 0 Å². The van der Waals surface area contributed by atoms with Gasteiger partial charge in [-0.25, -0.2) is 0 Å². The molecule has 0 N–H and O–H groups in total. The van der Waals surface area contributed by atoms with E-state index < -0.39 is 4.33 Å². The van der Waals surface area contributed by atoms with E-state index in [1.54, 1.807) is 0 Å². The molecule has 12 heavy (non-hydrogen) atoms. The normalized spacial score (nSPS) is 24.5. The Balaban J connectivity index is 2.64. The van der Waals surface area contributed by atoms with Crippen LogP contribution in [0.3, 0.4) is 0 Å². The van der Waals surface area contributed by atoms with Gasteiger partial charge in [-0.1, -0.05) is 41.4 Å². The number of alkyl halides is 3. The first kappa shape index (κ1) is 8.68. The largest absolute Gasteiger partial charge is 0.163 e. The van der Waals surface area contributed by atoms with Crippen LogP contribution in [-0.2, 0) is 4.33 Å². The SMILES string of the molecule is Cc1ccc2cc1C(Cl)C2(Cl)Cl. The summed E-state index contributed by atoms with van der Waals surface area (Å²) < 4.78 is -0.939. The molecule has 0 fully saturated rings. The summed E-state index contributed by atoms with van der Waals surface area (Å²) in [6, 6.07) is 5.88. The first-order valence-electron chi connectivity index (χ1n) is 3.66. The molecule has 0 amide bonds. The molecule has 3 heteroatoms. The van der Waals surface area contributed by atoms with Crippen LogP contribution < -0.4 is 0 Å². The van der Waals surface area contributed by atoms with Crippen molar-refractivity contribution >= 4 is 34.8 Å². The Morgan fingerprint density at radius 3 is 2.58 bits per heavy atom. The molecule has 0 heterocycles. The lowest BCUT2D eigenvalue weighted by Crippen LogP contribution is -2.09. The highest BCUT2D eigenvalue weighted by molar-refractivity contribution is 6.52. The fourth-order valence-electron chi connectivity index (χ4n) is 1.46. The molecule has 1 aliphatic rings. The van der Waals surface area contributed by atoms with Crippen LogP contribution in [0, 0.1) is 6.92 Å². The van der Waals surface area contributed by atoms with Crippen LogP contribution in [0.25, 0.3) is 0 Å². The van der Waals surface area contributed by atoms with Crippen LogP contribution in [0.2, 0.25) is 0 Å². The molecule has 0 aliphatic heterocycles. The Kier molecular flexibility index (Phi) is 1.84. The number of fused-ring (bicyclic) bond motifs is 2. The summed E-state index contributed by atoms with van der Waals surface area (Å²) in [5.74, 6) is 0. The van der Waals surface area contributed by atoms with Crippen molar-refractivity contribution in [3.63, 3.8) is 0 Å². The molecular formula is C9H7Cl3. The average molecular weight is 222 g/mol. The Morgan fingerprint density at radius 2 is 2.00 bits per heavy atom. The lowest BCUT2D eigenvalue weighted by atomic mass is 10.1. The number of hydrogen-bond donors (Lipinski definition) is 0. The van der Waals surface area contributed by atoms with Gasteiger partial charge in [0, 0.05) is 0 Å². The summed E-state index contributed by atoms with van der Waals surface area (Å²) >= 11 is 18.2. The Labute approximate surface area is 86.4 Å². The maximum absolute atomic E-state index is 6.09. The van der Waals surface area contributed by atoms with Crippen molar-refractivity contribution in [1.29, 1.82) is 0 Å². The molecule has 1 atom stereocenters. The zero-order valence-corrected chi connectivity index (χ0v) is 8.71. The molecule has 2 bridgehead atoms. The monoisotopic (exact) mass is 220 g/mol. The minimum Gasteiger partial charge on any atom is -0.114 e. The number of halogens is 3. The molecule has 0 aromatic heterocycles. The van der Waals surface area contributed by atoms with Gasteiger partial charge in [-0.15, -0.1) is 11.6 Å². The predicted molar refractivity (Wildman–Crippen MR) is 53.2 cm³/mol. The van der Waals surface area contributed by atoms with E-state index in [9.17, 15) is 0 Å². The van der Waals surface area contributed by atoms with E-state index in [4.69, 9.17) is 34.8 Å². The van der Waals surface area contributed by atoms with Gasteiger partial charge in [0.25, 0.3) is 0 Å². The van der Waals surface area contributed by atoms with E-state index in [1.807, 2.05) is 25.1 Å². The molecule has 0 nitrogen and oxygen atoms in total. The molecule has 1 aliphatic carbocycles. The predicted octanol–water partition coefficient (Wildman–Crippen LogP) is 3.92. The number of rotatable bonds is 0. The van der Waals surface area contributed by atoms with Gasteiger partial charge in [0.1, 0.15) is 0 Å². The van der Waals surface area contributed by atoms with Gasteiger partial charge in [-0.3, -0.25) is 0 Å². The molecule has 1 aromatic carbocycles. The fraction of sp³-hybridized carbons (Fsp3) is 0.333. The van der Waals surface area contributed by atoms with Crippen molar-refractivity contribution in [2.75, 3.05) is 0 Å². The fourth-order valence-corrected chi connectivity index (χ4v) is 2.29. The Bertz CT molecular complexity index is 331. The van der Waals surface area contributed by atoms with Gasteiger partial charge in [0.05, 0.1) is 5.38 Å². The van der Waals surface area contributed by atoms with Gasteiger partial charge < -0.3 is 0 Å². The van der Waals surface area contributed by atoms with Crippen molar-refractivity contribution < 1.29 is 0 Å². The zero-order valence-electron chi connectivity index (χ0n) is 6.44. The van der Waals surface area contributed by atoms with Gasteiger partial charge in [0.2, 0.25) is 0 Å². The first-order chi connectivity index (χ1) is 5.53. The summed E-state index contributed by atoms with van der Waals surface area (Å²) in [6.45, 7) is 2.00. The molecule has 0 saturated carbocycles. The summed E-state index contributed by atoms with van der Waals surface area (Å²) in [7, 11) is 0. The highest BCUT2D eigenvalue weighted by atomic mass is 35.5. The maximum atomic E-state index is 6.09. The van der Waals surface area contributed by atoms with E-state index in [0.29, 0.717) is 0 Å². The van der Waals surface area contributed by atoms with E-state index in [2.05, 4.69) is 0 Å². The summed E-state index contributed by atoms with van der Waals surface area (Å²) in [5, 5.41) is -0.314. The second-order valence-electron chi connectivity index (χ2n) is 3.06. The highest BCUT2D eigenvalue weighted by Crippen LogP contribution is 2.54. The molecule has 2 rings (SSSR count). The van der Waals surface area contributed by atoms with E-state index in [0.717, 1.165) is 16.7 Å². The minimum atomic E-state index is -0.939. The van der Waals surface area contributed by atoms with Crippen molar-refractivity contribution in [2.24, 2.45) is 0 Å².